The fourth-order valence-corrected chi connectivity index (χ4v) is 2.53. The van der Waals surface area contributed by atoms with E-state index >= 15 is 0 Å². The monoisotopic (exact) mass is 303 g/mol. The third-order valence-corrected chi connectivity index (χ3v) is 3.93. The minimum absolute atomic E-state index is 0.429. The second-order valence-corrected chi connectivity index (χ2v) is 4.85. The number of hydrogen-bond acceptors (Lipinski definition) is 5. The van der Waals surface area contributed by atoms with Gasteiger partial charge in [0, 0.05) is 9.86 Å². The lowest BCUT2D eigenvalue weighted by atomic mass is 10.2. The number of aromatic amines is 1. The van der Waals surface area contributed by atoms with Crippen LogP contribution >= 0.6 is 15.9 Å². The molecule has 7 heteroatoms. The molecule has 0 spiro atoms. The molecule has 0 amide bonds. The average Bonchev–Trinajstić information content (AvgIpc) is 2.94. The molecule has 4 aromatic rings. The summed E-state index contributed by atoms with van der Waals surface area (Å²) in [4.78, 5) is 13.2. The van der Waals surface area contributed by atoms with Gasteiger partial charge in [-0.15, -0.1) is 0 Å². The molecule has 3 aromatic heterocycles. The van der Waals surface area contributed by atoms with Crippen LogP contribution in [0, 0.1) is 6.92 Å². The Kier molecular flexibility index (Phi) is 1.80. The Morgan fingerprint density at radius 2 is 2.06 bits per heavy atom. The molecule has 0 saturated heterocycles. The van der Waals surface area contributed by atoms with Crippen LogP contribution in [-0.2, 0) is 0 Å². The topological polar surface area (TPSA) is 80.5 Å². The molecule has 4 rings (SSSR count). The van der Waals surface area contributed by atoms with Crippen molar-refractivity contribution in [2.75, 3.05) is 0 Å². The largest absolute Gasteiger partial charge is 0.267 e. The predicted octanol–water partition coefficient (Wildman–Crippen LogP) is 2.72. The van der Waals surface area contributed by atoms with E-state index in [0.717, 1.165) is 26.5 Å². The van der Waals surface area contributed by atoms with Gasteiger partial charge in [-0.05, 0) is 39.6 Å². The number of hydrogen-bond donors (Lipinski definition) is 1. The van der Waals surface area contributed by atoms with E-state index < -0.39 is 0 Å². The highest BCUT2D eigenvalue weighted by Crippen LogP contribution is 2.32. The molecule has 18 heavy (non-hydrogen) atoms. The van der Waals surface area contributed by atoms with Crippen molar-refractivity contribution in [2.24, 2.45) is 0 Å². The highest BCUT2D eigenvalue weighted by molar-refractivity contribution is 9.10. The fraction of sp³-hybridized carbons (Fsp3) is 0.0909. The zero-order valence-corrected chi connectivity index (χ0v) is 10.8. The van der Waals surface area contributed by atoms with Crippen molar-refractivity contribution in [3.05, 3.63) is 22.2 Å². The van der Waals surface area contributed by atoms with E-state index in [1.165, 1.54) is 0 Å². The van der Waals surface area contributed by atoms with Crippen molar-refractivity contribution in [2.45, 2.75) is 6.92 Å². The Balaban J connectivity index is 2.30. The van der Waals surface area contributed by atoms with E-state index in [-0.39, 0.29) is 0 Å². The van der Waals surface area contributed by atoms with Crippen molar-refractivity contribution < 1.29 is 4.63 Å². The molecule has 0 aliphatic heterocycles. The van der Waals surface area contributed by atoms with Gasteiger partial charge in [0.05, 0.1) is 5.52 Å². The van der Waals surface area contributed by atoms with Crippen LogP contribution in [0.2, 0.25) is 0 Å². The number of H-pyrrole nitrogens is 1. The number of nitrogens with one attached hydrogen (secondary N) is 1. The van der Waals surface area contributed by atoms with Gasteiger partial charge < -0.3 is 0 Å². The Morgan fingerprint density at radius 1 is 1.17 bits per heavy atom. The van der Waals surface area contributed by atoms with Crippen LogP contribution in [0.25, 0.3) is 33.4 Å². The maximum absolute atomic E-state index is 4.73. The molecule has 0 fully saturated rings. The fourth-order valence-electron chi connectivity index (χ4n) is 2.01. The van der Waals surface area contributed by atoms with Crippen molar-refractivity contribution in [1.82, 2.24) is 25.3 Å². The van der Waals surface area contributed by atoms with Crippen molar-refractivity contribution in [3.63, 3.8) is 0 Å². The lowest BCUT2D eigenvalue weighted by Crippen LogP contribution is -1.84. The molecule has 1 aromatic carbocycles. The first kappa shape index (κ1) is 9.95. The summed E-state index contributed by atoms with van der Waals surface area (Å²) in [7, 11) is 0. The molecule has 1 N–H and O–H groups in total. The van der Waals surface area contributed by atoms with Gasteiger partial charge in [-0.3, -0.25) is 4.63 Å². The summed E-state index contributed by atoms with van der Waals surface area (Å²) in [6, 6.07) is 3.97. The lowest BCUT2D eigenvalue weighted by molar-refractivity contribution is 0.314. The molecular weight excluding hydrogens is 298 g/mol. The maximum atomic E-state index is 4.73. The highest BCUT2D eigenvalue weighted by atomic mass is 79.9. The van der Waals surface area contributed by atoms with Crippen LogP contribution in [-0.4, -0.2) is 25.3 Å². The summed E-state index contributed by atoms with van der Waals surface area (Å²) in [5.41, 5.74) is 4.27. The van der Waals surface area contributed by atoms with Crippen molar-refractivity contribution in [1.29, 1.82) is 0 Å². The Labute approximate surface area is 108 Å². The standard InChI is InChI=1S/C11H6BrN5O/c1-4-2-3-5-6(7(4)12)8-9(13-5)15-11-10(14-8)16-18-17-11/h2-3H,1H3,(H,14,16). The molecule has 88 valence electrons. The van der Waals surface area contributed by atoms with Crippen molar-refractivity contribution in [3.8, 4) is 0 Å². The zero-order chi connectivity index (χ0) is 12.3. The van der Waals surface area contributed by atoms with Crippen LogP contribution in [0.3, 0.4) is 0 Å². The number of nitrogens with zero attached hydrogens (tertiary/aromatic N) is 4. The van der Waals surface area contributed by atoms with Gasteiger partial charge in [-0.2, -0.15) is 5.16 Å². The quantitative estimate of drug-likeness (QED) is 0.540. The number of aromatic nitrogens is 5. The van der Waals surface area contributed by atoms with Crippen LogP contribution in [0.1, 0.15) is 5.56 Å². The summed E-state index contributed by atoms with van der Waals surface area (Å²) in [6.45, 7) is 2.03. The van der Waals surface area contributed by atoms with E-state index in [4.69, 9.17) is 4.63 Å². The van der Waals surface area contributed by atoms with Crippen molar-refractivity contribution >= 4 is 49.3 Å². The van der Waals surface area contributed by atoms with E-state index in [0.29, 0.717) is 16.9 Å². The molecule has 3 heterocycles. The van der Waals surface area contributed by atoms with E-state index in [1.807, 2.05) is 19.1 Å². The van der Waals surface area contributed by atoms with Gasteiger partial charge in [-0.1, -0.05) is 6.07 Å². The van der Waals surface area contributed by atoms with Gasteiger partial charge in [-0.25, -0.2) is 15.0 Å². The van der Waals surface area contributed by atoms with Gasteiger partial charge in [0.15, 0.2) is 5.65 Å². The first-order valence-corrected chi connectivity index (χ1v) is 6.09. The third kappa shape index (κ3) is 1.16. The molecular formula is C11H6BrN5O. The predicted molar refractivity (Wildman–Crippen MR) is 69.2 cm³/mol. The second-order valence-electron chi connectivity index (χ2n) is 4.06. The molecule has 0 atom stereocenters. The highest BCUT2D eigenvalue weighted by Gasteiger charge is 2.15. The average molecular weight is 304 g/mol. The summed E-state index contributed by atoms with van der Waals surface area (Å²) in [5.74, 6) is 0. The Morgan fingerprint density at radius 3 is 2.94 bits per heavy atom. The lowest BCUT2D eigenvalue weighted by Gasteiger charge is -1.98. The summed E-state index contributed by atoms with van der Waals surface area (Å²) >= 11 is 3.58. The van der Waals surface area contributed by atoms with Gasteiger partial charge in [0.1, 0.15) is 5.52 Å². The van der Waals surface area contributed by atoms with Gasteiger partial charge in [0.2, 0.25) is 11.3 Å². The van der Waals surface area contributed by atoms with Crippen LogP contribution in [0.4, 0.5) is 0 Å². The van der Waals surface area contributed by atoms with E-state index in [2.05, 4.69) is 41.2 Å². The Bertz CT molecular complexity index is 910. The summed E-state index contributed by atoms with van der Waals surface area (Å²) < 4.78 is 5.73. The summed E-state index contributed by atoms with van der Waals surface area (Å²) in [6.07, 6.45) is 0. The SMILES string of the molecule is Cc1ccc2nc3nc4no[nH]c4nc3c2c1Br. The van der Waals surface area contributed by atoms with Crippen LogP contribution in [0.5, 0.6) is 0 Å². The van der Waals surface area contributed by atoms with E-state index in [1.54, 1.807) is 0 Å². The zero-order valence-electron chi connectivity index (χ0n) is 9.23. The van der Waals surface area contributed by atoms with Gasteiger partial charge in [0.25, 0.3) is 0 Å². The maximum Gasteiger partial charge on any atom is 0.242 e. The summed E-state index contributed by atoms with van der Waals surface area (Å²) in [5, 5.41) is 7.29. The Hall–Kier alpha value is -2.02. The number of fused-ring (bicyclic) bond motifs is 4. The van der Waals surface area contributed by atoms with Crippen LogP contribution in [0.15, 0.2) is 21.2 Å². The number of halogens is 1. The molecule has 0 unspecified atom stereocenters. The molecule has 0 saturated carbocycles. The number of benzene rings is 1. The molecule has 0 bridgehead atoms. The molecule has 6 nitrogen and oxygen atoms in total. The molecule has 0 aliphatic carbocycles. The van der Waals surface area contributed by atoms with Crippen LogP contribution < -0.4 is 0 Å². The smallest absolute Gasteiger partial charge is 0.242 e. The number of rotatable bonds is 0. The third-order valence-electron chi connectivity index (χ3n) is 2.91. The normalized spacial score (nSPS) is 11.9. The van der Waals surface area contributed by atoms with E-state index in [9.17, 15) is 0 Å². The minimum atomic E-state index is 0.429. The second kappa shape index (κ2) is 3.26. The number of aryl methyl sites for hydroxylation is 1. The van der Waals surface area contributed by atoms with Gasteiger partial charge >= 0.3 is 0 Å². The first-order valence-electron chi connectivity index (χ1n) is 5.30. The molecule has 0 aliphatic rings. The minimum Gasteiger partial charge on any atom is -0.267 e. The molecule has 0 radical (unpaired) electrons. The first-order chi connectivity index (χ1) is 8.74.